The van der Waals surface area contributed by atoms with Gasteiger partial charge in [-0.05, 0) is 23.8 Å². The third kappa shape index (κ3) is 3.57. The summed E-state index contributed by atoms with van der Waals surface area (Å²) in [6.07, 6.45) is 0. The first-order valence-electron chi connectivity index (χ1n) is 6.67. The summed E-state index contributed by atoms with van der Waals surface area (Å²) in [5.74, 6) is 0.760. The van der Waals surface area contributed by atoms with Crippen molar-refractivity contribution in [3.63, 3.8) is 0 Å². The van der Waals surface area contributed by atoms with Crippen LogP contribution in [0.2, 0.25) is 0 Å². The number of H-pyrrole nitrogens is 1. The van der Waals surface area contributed by atoms with Gasteiger partial charge in [0.15, 0.2) is 0 Å². The number of halogens is 1. The Morgan fingerprint density at radius 2 is 1.91 bits per heavy atom. The maximum absolute atomic E-state index is 12.9. The molecule has 1 aromatic heterocycles. The van der Waals surface area contributed by atoms with Crippen LogP contribution in [0.15, 0.2) is 48.5 Å². The van der Waals surface area contributed by atoms with Gasteiger partial charge in [-0.25, -0.2) is 4.39 Å². The lowest BCUT2D eigenvalue weighted by atomic mass is 10.2. The molecule has 0 bridgehead atoms. The maximum atomic E-state index is 12.9. The summed E-state index contributed by atoms with van der Waals surface area (Å²) in [5, 5.41) is 17.6. The Hall–Kier alpha value is -2.96. The van der Waals surface area contributed by atoms with Gasteiger partial charge in [-0.15, -0.1) is 5.21 Å². The van der Waals surface area contributed by atoms with E-state index in [0.717, 1.165) is 16.9 Å². The second-order valence-corrected chi connectivity index (χ2v) is 4.55. The zero-order chi connectivity index (χ0) is 15.2. The lowest BCUT2D eigenvalue weighted by Gasteiger charge is -2.13. The minimum atomic E-state index is -0.261. The number of aromatic nitrogens is 4. The van der Waals surface area contributed by atoms with Crippen molar-refractivity contribution in [3.05, 3.63) is 70.8 Å². The standard InChI is InChI=1S/C15H13FN5O/c16-13-7-5-11(6-8-13)10-22-14-4-2-1-3-12(14)9-17-15-18-20-21-19-15/h1-8H,9-10H2,(H-,17,18,19,20,21)/q-1. The molecule has 3 rings (SSSR count). The molecule has 0 spiro atoms. The summed E-state index contributed by atoms with van der Waals surface area (Å²) < 4.78 is 18.7. The van der Waals surface area contributed by atoms with E-state index >= 15 is 0 Å². The highest BCUT2D eigenvalue weighted by atomic mass is 19.1. The van der Waals surface area contributed by atoms with Crippen molar-refractivity contribution >= 4 is 5.95 Å². The molecule has 0 radical (unpaired) electrons. The SMILES string of the molecule is Fc1ccc(COc2ccccc2C[N-]c2nn[nH]n2)cc1. The molecule has 112 valence electrons. The van der Waals surface area contributed by atoms with Crippen LogP contribution in [0.5, 0.6) is 5.75 Å². The minimum absolute atomic E-state index is 0.261. The number of rotatable bonds is 6. The normalized spacial score (nSPS) is 10.4. The zero-order valence-electron chi connectivity index (χ0n) is 11.6. The predicted octanol–water partition coefficient (Wildman–Crippen LogP) is 3.12. The number of nitrogens with one attached hydrogen (secondary N) is 1. The molecule has 0 unspecified atom stereocenters. The summed E-state index contributed by atoms with van der Waals surface area (Å²) >= 11 is 0. The largest absolute Gasteiger partial charge is 0.489 e. The number of ether oxygens (including phenoxy) is 1. The molecule has 0 fully saturated rings. The van der Waals surface area contributed by atoms with Gasteiger partial charge in [0.05, 0.1) is 5.95 Å². The molecule has 0 aliphatic carbocycles. The van der Waals surface area contributed by atoms with Crippen LogP contribution in [-0.2, 0) is 13.2 Å². The zero-order valence-corrected chi connectivity index (χ0v) is 11.6. The topological polar surface area (TPSA) is 77.8 Å². The van der Waals surface area contributed by atoms with Gasteiger partial charge in [0.2, 0.25) is 0 Å². The molecule has 0 aliphatic heterocycles. The molecule has 2 aromatic carbocycles. The molecule has 0 amide bonds. The van der Waals surface area contributed by atoms with Crippen LogP contribution in [0, 0.1) is 5.82 Å². The number of hydrogen-bond donors (Lipinski definition) is 1. The first-order chi connectivity index (χ1) is 10.8. The van der Waals surface area contributed by atoms with Crippen LogP contribution in [0.1, 0.15) is 11.1 Å². The molecule has 7 heteroatoms. The highest BCUT2D eigenvalue weighted by Crippen LogP contribution is 2.24. The lowest BCUT2D eigenvalue weighted by molar-refractivity contribution is 0.303. The fourth-order valence-corrected chi connectivity index (χ4v) is 1.90. The Labute approximate surface area is 126 Å². The van der Waals surface area contributed by atoms with E-state index in [1.54, 1.807) is 12.1 Å². The molecule has 6 nitrogen and oxygen atoms in total. The molecule has 0 atom stereocenters. The smallest absolute Gasteiger partial charge is 0.123 e. The van der Waals surface area contributed by atoms with Gasteiger partial charge >= 0.3 is 0 Å². The van der Waals surface area contributed by atoms with Gasteiger partial charge in [0, 0.05) is 12.1 Å². The van der Waals surface area contributed by atoms with Crippen LogP contribution in [-0.4, -0.2) is 20.6 Å². The van der Waals surface area contributed by atoms with Gasteiger partial charge in [-0.3, -0.25) is 15.4 Å². The van der Waals surface area contributed by atoms with Gasteiger partial charge in [0.1, 0.15) is 18.2 Å². The van der Waals surface area contributed by atoms with Crippen LogP contribution in [0.3, 0.4) is 0 Å². The van der Waals surface area contributed by atoms with Gasteiger partial charge in [-0.2, -0.15) is 0 Å². The third-order valence-corrected chi connectivity index (χ3v) is 3.01. The van der Waals surface area contributed by atoms with E-state index in [1.165, 1.54) is 12.1 Å². The molecule has 1 N–H and O–H groups in total. The fraction of sp³-hybridized carbons (Fsp3) is 0.133. The average Bonchev–Trinajstić information content (AvgIpc) is 3.07. The number of benzene rings is 2. The maximum Gasteiger partial charge on any atom is 0.123 e. The average molecular weight is 298 g/mol. The van der Waals surface area contributed by atoms with E-state index in [0.29, 0.717) is 19.1 Å². The highest BCUT2D eigenvalue weighted by molar-refractivity contribution is 5.39. The van der Waals surface area contributed by atoms with Crippen molar-refractivity contribution < 1.29 is 9.13 Å². The molecule has 0 saturated heterocycles. The highest BCUT2D eigenvalue weighted by Gasteiger charge is 2.03. The van der Waals surface area contributed by atoms with Gasteiger partial charge in [-0.1, -0.05) is 30.3 Å². The van der Waals surface area contributed by atoms with E-state index in [4.69, 9.17) is 4.74 Å². The molecular formula is C15H13FN5O-. The molecule has 22 heavy (non-hydrogen) atoms. The molecule has 0 aliphatic rings. The second-order valence-electron chi connectivity index (χ2n) is 4.55. The first kappa shape index (κ1) is 14.0. The van der Waals surface area contributed by atoms with Crippen LogP contribution < -0.4 is 4.74 Å². The van der Waals surface area contributed by atoms with Crippen molar-refractivity contribution in [2.75, 3.05) is 0 Å². The van der Waals surface area contributed by atoms with E-state index in [-0.39, 0.29) is 5.82 Å². The van der Waals surface area contributed by atoms with Crippen LogP contribution in [0.4, 0.5) is 10.3 Å². The van der Waals surface area contributed by atoms with Gasteiger partial charge in [0.25, 0.3) is 0 Å². The van der Waals surface area contributed by atoms with Crippen molar-refractivity contribution in [2.24, 2.45) is 0 Å². The van der Waals surface area contributed by atoms with E-state index < -0.39 is 0 Å². The minimum Gasteiger partial charge on any atom is -0.489 e. The Morgan fingerprint density at radius 1 is 1.09 bits per heavy atom. The molecule has 0 saturated carbocycles. The number of aromatic amines is 1. The second kappa shape index (κ2) is 6.66. The van der Waals surface area contributed by atoms with Crippen molar-refractivity contribution in [1.82, 2.24) is 20.6 Å². The van der Waals surface area contributed by atoms with Crippen molar-refractivity contribution in [1.29, 1.82) is 0 Å². The van der Waals surface area contributed by atoms with Gasteiger partial charge < -0.3 is 10.1 Å². The van der Waals surface area contributed by atoms with E-state index in [2.05, 4.69) is 25.9 Å². The van der Waals surface area contributed by atoms with E-state index in [1.807, 2.05) is 24.3 Å². The monoisotopic (exact) mass is 298 g/mol. The Kier molecular flexibility index (Phi) is 4.24. The van der Waals surface area contributed by atoms with Crippen molar-refractivity contribution in [2.45, 2.75) is 13.2 Å². The van der Waals surface area contributed by atoms with Crippen molar-refractivity contribution in [3.8, 4) is 5.75 Å². The van der Waals surface area contributed by atoms with Crippen LogP contribution >= 0.6 is 0 Å². The molecule has 3 aromatic rings. The molecule has 1 heterocycles. The third-order valence-electron chi connectivity index (χ3n) is 3.01. The number of para-hydroxylation sites is 1. The summed E-state index contributed by atoms with van der Waals surface area (Å²) in [6, 6.07) is 13.8. The number of hydrogen-bond acceptors (Lipinski definition) is 4. The number of tetrazole rings is 1. The fourth-order valence-electron chi connectivity index (χ4n) is 1.90. The summed E-state index contributed by atoms with van der Waals surface area (Å²) in [4.78, 5) is 0. The molecular weight excluding hydrogens is 285 g/mol. The predicted molar refractivity (Wildman–Crippen MR) is 78.1 cm³/mol. The van der Waals surface area contributed by atoms with Crippen LogP contribution in [0.25, 0.3) is 5.32 Å². The summed E-state index contributed by atoms with van der Waals surface area (Å²) in [7, 11) is 0. The number of nitrogens with zero attached hydrogens (tertiary/aromatic N) is 4. The Bertz CT molecular complexity index is 715. The van der Waals surface area contributed by atoms with E-state index in [9.17, 15) is 4.39 Å². The Morgan fingerprint density at radius 3 is 2.68 bits per heavy atom. The summed E-state index contributed by atoms with van der Waals surface area (Å²) in [5.41, 5.74) is 1.81. The first-order valence-corrected chi connectivity index (χ1v) is 6.67. The summed E-state index contributed by atoms with van der Waals surface area (Å²) in [6.45, 7) is 0.749. The lowest BCUT2D eigenvalue weighted by Crippen LogP contribution is -1.98. The Balaban J connectivity index is 1.64. The quantitative estimate of drug-likeness (QED) is 0.758.